The van der Waals surface area contributed by atoms with Gasteiger partial charge in [0, 0.05) is 6.42 Å². The lowest BCUT2D eigenvalue weighted by Crippen LogP contribution is -2.46. The molecular formula is C60H121N2O6P. The molecule has 0 rings (SSSR count). The molecule has 0 saturated carbocycles. The van der Waals surface area contributed by atoms with Crippen molar-refractivity contribution in [1.82, 2.24) is 5.32 Å². The Morgan fingerprint density at radius 1 is 0.493 bits per heavy atom. The first kappa shape index (κ1) is 68.2. The average Bonchev–Trinajstić information content (AvgIpc) is 3.31. The monoisotopic (exact) mass is 997 g/mol. The van der Waals surface area contributed by atoms with Crippen LogP contribution in [0.3, 0.4) is 0 Å². The normalized spacial score (nSPS) is 13.9. The third-order valence-corrected chi connectivity index (χ3v) is 15.2. The molecule has 9 heteroatoms. The Morgan fingerprint density at radius 3 is 1.13 bits per heavy atom. The number of quaternary nitrogens is 1. The van der Waals surface area contributed by atoms with E-state index in [4.69, 9.17) is 9.05 Å². The topological polar surface area (TPSA) is 108 Å². The zero-order chi connectivity index (χ0) is 50.6. The van der Waals surface area contributed by atoms with Crippen molar-refractivity contribution in [3.63, 3.8) is 0 Å². The van der Waals surface area contributed by atoms with E-state index < -0.39 is 20.0 Å². The number of aliphatic hydroxyl groups is 1. The van der Waals surface area contributed by atoms with Crippen LogP contribution in [0.15, 0.2) is 12.2 Å². The molecule has 0 fully saturated rings. The number of phosphoric acid groups is 1. The molecule has 3 unspecified atom stereocenters. The van der Waals surface area contributed by atoms with E-state index in [2.05, 4.69) is 31.3 Å². The third kappa shape index (κ3) is 54.8. The first-order chi connectivity index (χ1) is 33.5. The van der Waals surface area contributed by atoms with Gasteiger partial charge in [-0.25, -0.2) is 0 Å². The van der Waals surface area contributed by atoms with Crippen LogP contribution in [0.25, 0.3) is 0 Å². The summed E-state index contributed by atoms with van der Waals surface area (Å²) in [6.07, 6.45) is 64.0. The molecule has 8 nitrogen and oxygen atoms in total. The van der Waals surface area contributed by atoms with Crippen molar-refractivity contribution in [3.8, 4) is 0 Å². The highest BCUT2D eigenvalue weighted by Crippen LogP contribution is 2.38. The zero-order valence-electron chi connectivity index (χ0n) is 47.0. The summed E-state index contributed by atoms with van der Waals surface area (Å²) >= 11 is 0. The molecule has 0 aromatic carbocycles. The van der Waals surface area contributed by atoms with Crippen LogP contribution in [0.4, 0.5) is 0 Å². The Balaban J connectivity index is 4.01. The van der Waals surface area contributed by atoms with Crippen LogP contribution in [0.5, 0.6) is 0 Å². The highest BCUT2D eigenvalue weighted by Gasteiger charge is 2.24. The van der Waals surface area contributed by atoms with E-state index in [0.717, 1.165) is 38.5 Å². The van der Waals surface area contributed by atoms with Gasteiger partial charge < -0.3 is 28.8 Å². The fraction of sp³-hybridized carbons (Fsp3) is 0.950. The number of unbranched alkanes of at least 4 members (excludes halogenated alkanes) is 42. The molecule has 2 N–H and O–H groups in total. The summed E-state index contributed by atoms with van der Waals surface area (Å²) in [6, 6.07) is -0.797. The molecule has 0 bridgehead atoms. The number of phosphoric ester groups is 1. The zero-order valence-corrected chi connectivity index (χ0v) is 47.9. The highest BCUT2D eigenvalue weighted by atomic mass is 31.2. The highest BCUT2D eigenvalue weighted by molar-refractivity contribution is 7.45. The maximum Gasteiger partial charge on any atom is 0.268 e. The molecule has 0 aliphatic rings. The molecule has 69 heavy (non-hydrogen) atoms. The van der Waals surface area contributed by atoms with Crippen molar-refractivity contribution in [1.29, 1.82) is 0 Å². The SMILES string of the molecule is CCCCCCCCCCCCCC/C=C\CCCCCCCCCCCCCCCCCC(=O)NC(COP(=O)([O-])OCC[N+](C)(C)C)C(O)CCCCCCCCCCCCCCCCCC. The van der Waals surface area contributed by atoms with Gasteiger partial charge in [0.1, 0.15) is 13.2 Å². The molecule has 0 heterocycles. The van der Waals surface area contributed by atoms with Gasteiger partial charge in [-0.3, -0.25) is 9.36 Å². The van der Waals surface area contributed by atoms with Crippen LogP contribution in [-0.2, 0) is 18.4 Å². The van der Waals surface area contributed by atoms with E-state index in [1.807, 2.05) is 21.1 Å². The first-order valence-corrected chi connectivity index (χ1v) is 32.0. The van der Waals surface area contributed by atoms with Gasteiger partial charge in [-0.15, -0.1) is 0 Å². The molecule has 0 aromatic rings. The van der Waals surface area contributed by atoms with Gasteiger partial charge in [-0.2, -0.15) is 0 Å². The van der Waals surface area contributed by atoms with E-state index >= 15 is 0 Å². The quantitative estimate of drug-likeness (QED) is 0.0272. The Bertz CT molecular complexity index is 1130. The van der Waals surface area contributed by atoms with Crippen LogP contribution in [-0.4, -0.2) is 68.5 Å². The lowest BCUT2D eigenvalue weighted by Gasteiger charge is -2.30. The smallest absolute Gasteiger partial charge is 0.268 e. The second-order valence-electron chi connectivity index (χ2n) is 22.4. The van der Waals surface area contributed by atoms with Crippen LogP contribution in [0, 0.1) is 0 Å². The molecule has 0 spiro atoms. The summed E-state index contributed by atoms with van der Waals surface area (Å²) in [6.45, 7) is 4.77. The lowest BCUT2D eigenvalue weighted by molar-refractivity contribution is -0.870. The van der Waals surface area contributed by atoms with Crippen molar-refractivity contribution >= 4 is 13.7 Å². The molecule has 0 aliphatic heterocycles. The van der Waals surface area contributed by atoms with Crippen LogP contribution >= 0.6 is 7.82 Å². The number of hydrogen-bond acceptors (Lipinski definition) is 6. The maximum absolute atomic E-state index is 13.0. The largest absolute Gasteiger partial charge is 0.756 e. The van der Waals surface area contributed by atoms with E-state index in [9.17, 15) is 19.4 Å². The summed E-state index contributed by atoms with van der Waals surface area (Å²) < 4.78 is 23.4. The Kier molecular flexibility index (Phi) is 51.5. The standard InChI is InChI=1S/C60H121N2O6P/c1-6-8-10-12-14-16-18-20-22-24-25-26-27-28-29-30-31-32-33-34-35-36-37-38-40-42-44-46-48-50-52-54-60(64)61-58(57-68-69(65,66)67-56-55-62(3,4)5)59(63)53-51-49-47-45-43-41-39-23-21-19-17-15-13-11-9-7-2/h28-29,58-59,63H,6-27,30-57H2,1-5H3,(H-,61,64,65,66)/b29-28-. The minimum atomic E-state index is -4.57. The van der Waals surface area contributed by atoms with Gasteiger partial charge >= 0.3 is 0 Å². The maximum atomic E-state index is 13.0. The van der Waals surface area contributed by atoms with Gasteiger partial charge in [0.2, 0.25) is 5.91 Å². The number of carbonyl (C=O) groups is 1. The Labute approximate surface area is 431 Å². The van der Waals surface area contributed by atoms with E-state index in [0.29, 0.717) is 23.9 Å². The van der Waals surface area contributed by atoms with E-state index in [1.54, 1.807) is 0 Å². The predicted octanol–water partition coefficient (Wildman–Crippen LogP) is 18.0. The fourth-order valence-corrected chi connectivity index (χ4v) is 10.2. The second-order valence-corrected chi connectivity index (χ2v) is 23.8. The van der Waals surface area contributed by atoms with Crippen molar-refractivity contribution in [2.45, 2.75) is 328 Å². The summed E-state index contributed by atoms with van der Waals surface area (Å²) in [7, 11) is 1.32. The van der Waals surface area contributed by atoms with Gasteiger partial charge in [0.25, 0.3) is 7.82 Å². The van der Waals surface area contributed by atoms with Gasteiger partial charge in [0.05, 0.1) is 39.9 Å². The number of nitrogens with zero attached hydrogens (tertiary/aromatic N) is 1. The minimum absolute atomic E-state index is 0.0152. The van der Waals surface area contributed by atoms with Gasteiger partial charge in [0.15, 0.2) is 0 Å². The summed E-state index contributed by atoms with van der Waals surface area (Å²) in [5.41, 5.74) is 0. The molecular weight excluding hydrogens is 876 g/mol. The van der Waals surface area contributed by atoms with Crippen molar-refractivity contribution in [3.05, 3.63) is 12.2 Å². The minimum Gasteiger partial charge on any atom is -0.756 e. The molecule has 1 amide bonds. The number of rotatable bonds is 57. The fourth-order valence-electron chi connectivity index (χ4n) is 9.45. The molecule has 0 aromatic heterocycles. The van der Waals surface area contributed by atoms with Crippen LogP contribution < -0.4 is 10.2 Å². The summed E-state index contributed by atoms with van der Waals surface area (Å²) in [4.78, 5) is 25.5. The Hall–Kier alpha value is -0.760. The molecule has 0 radical (unpaired) electrons. The predicted molar refractivity (Wildman–Crippen MR) is 298 cm³/mol. The van der Waals surface area contributed by atoms with Gasteiger partial charge in [-0.05, 0) is 38.5 Å². The van der Waals surface area contributed by atoms with E-state index in [1.165, 1.54) is 250 Å². The second kappa shape index (κ2) is 52.1. The molecule has 3 atom stereocenters. The summed E-state index contributed by atoms with van der Waals surface area (Å²) in [5.74, 6) is -0.158. The molecule has 0 saturated heterocycles. The van der Waals surface area contributed by atoms with Crippen LogP contribution in [0.1, 0.15) is 316 Å². The number of nitrogens with one attached hydrogen (secondary N) is 1. The van der Waals surface area contributed by atoms with Crippen molar-refractivity contribution < 1.29 is 32.9 Å². The number of hydrogen-bond donors (Lipinski definition) is 2. The summed E-state index contributed by atoms with van der Waals surface area (Å²) in [5, 5.41) is 14.0. The third-order valence-electron chi connectivity index (χ3n) is 14.3. The number of amides is 1. The number of aliphatic hydroxyl groups excluding tert-OH is 1. The first-order valence-electron chi connectivity index (χ1n) is 30.5. The number of likely N-dealkylation sites (N-methyl/N-ethyl adjacent to an activating group) is 1. The van der Waals surface area contributed by atoms with Crippen molar-refractivity contribution in [2.75, 3.05) is 40.9 Å². The Morgan fingerprint density at radius 2 is 0.797 bits per heavy atom. The number of carbonyl (C=O) groups excluding carboxylic acids is 1. The lowest BCUT2D eigenvalue weighted by atomic mass is 10.0. The average molecular weight is 998 g/mol. The molecule has 0 aliphatic carbocycles. The van der Waals surface area contributed by atoms with E-state index in [-0.39, 0.29) is 19.1 Å². The number of allylic oxidation sites excluding steroid dienone is 2. The van der Waals surface area contributed by atoms with Gasteiger partial charge in [-0.1, -0.05) is 283 Å². The molecule has 412 valence electrons. The van der Waals surface area contributed by atoms with Crippen molar-refractivity contribution in [2.24, 2.45) is 0 Å². The van der Waals surface area contributed by atoms with Crippen LogP contribution in [0.2, 0.25) is 0 Å².